The van der Waals surface area contributed by atoms with Crippen molar-refractivity contribution < 1.29 is 9.59 Å². The van der Waals surface area contributed by atoms with E-state index in [0.717, 1.165) is 56.2 Å². The van der Waals surface area contributed by atoms with Crippen LogP contribution in [0.15, 0.2) is 40.1 Å². The molecule has 3 aliphatic rings. The maximum atomic E-state index is 12.5. The monoisotopic (exact) mass is 326 g/mol. The van der Waals surface area contributed by atoms with Crippen LogP contribution in [-0.4, -0.2) is 17.5 Å². The third-order valence-electron chi connectivity index (χ3n) is 5.13. The number of rotatable bonds is 5. The van der Waals surface area contributed by atoms with Gasteiger partial charge in [-0.25, -0.2) is 4.99 Å². The van der Waals surface area contributed by atoms with Gasteiger partial charge in [-0.15, -0.1) is 0 Å². The SMILES string of the molecule is CCCC(CCC)C(=O)N=C1C=CC2C(=C1)NC(=O)C1=C2CCC1. The molecule has 4 heteroatoms. The van der Waals surface area contributed by atoms with Crippen LogP contribution in [0, 0.1) is 11.8 Å². The summed E-state index contributed by atoms with van der Waals surface area (Å²) in [5.74, 6) is 0.177. The Morgan fingerprint density at radius 1 is 1.29 bits per heavy atom. The average molecular weight is 326 g/mol. The molecule has 0 spiro atoms. The lowest BCUT2D eigenvalue weighted by Crippen LogP contribution is -2.35. The van der Waals surface area contributed by atoms with Crippen molar-refractivity contribution in [3.63, 3.8) is 0 Å². The summed E-state index contributed by atoms with van der Waals surface area (Å²) >= 11 is 0. The number of fused-ring (bicyclic) bond motifs is 2. The van der Waals surface area contributed by atoms with Gasteiger partial charge in [0.05, 0.1) is 5.71 Å². The summed E-state index contributed by atoms with van der Waals surface area (Å²) in [5.41, 5.74) is 3.74. The molecule has 24 heavy (non-hydrogen) atoms. The molecule has 2 amide bonds. The van der Waals surface area contributed by atoms with Gasteiger partial charge in [0.2, 0.25) is 5.91 Å². The highest BCUT2D eigenvalue weighted by Gasteiger charge is 2.34. The van der Waals surface area contributed by atoms with E-state index in [4.69, 9.17) is 0 Å². The highest BCUT2D eigenvalue weighted by atomic mass is 16.2. The molecule has 0 saturated carbocycles. The minimum absolute atomic E-state index is 0.0158. The van der Waals surface area contributed by atoms with Gasteiger partial charge in [0.1, 0.15) is 0 Å². The summed E-state index contributed by atoms with van der Waals surface area (Å²) in [7, 11) is 0. The highest BCUT2D eigenvalue weighted by molar-refractivity contribution is 6.12. The zero-order valence-corrected chi connectivity index (χ0v) is 14.6. The molecule has 1 heterocycles. The molecule has 1 aliphatic heterocycles. The Morgan fingerprint density at radius 3 is 2.75 bits per heavy atom. The number of hydrogen-bond acceptors (Lipinski definition) is 2. The molecule has 0 saturated heterocycles. The summed E-state index contributed by atoms with van der Waals surface area (Å²) in [4.78, 5) is 29.0. The second-order valence-electron chi connectivity index (χ2n) is 6.90. The molecule has 1 atom stereocenters. The zero-order chi connectivity index (χ0) is 17.1. The molecular weight excluding hydrogens is 300 g/mol. The molecule has 0 radical (unpaired) electrons. The van der Waals surface area contributed by atoms with Crippen LogP contribution < -0.4 is 5.32 Å². The Kier molecular flexibility index (Phi) is 5.12. The van der Waals surface area contributed by atoms with Crippen LogP contribution in [0.1, 0.15) is 58.8 Å². The van der Waals surface area contributed by atoms with Gasteiger partial charge in [0.25, 0.3) is 5.91 Å². The number of carbonyl (C=O) groups excluding carboxylic acids is 2. The molecule has 1 N–H and O–H groups in total. The fraction of sp³-hybridized carbons (Fsp3) is 0.550. The van der Waals surface area contributed by atoms with Gasteiger partial charge in [-0.2, -0.15) is 0 Å². The number of nitrogens with one attached hydrogen (secondary N) is 1. The molecule has 0 aromatic heterocycles. The van der Waals surface area contributed by atoms with Crippen molar-refractivity contribution in [2.75, 3.05) is 0 Å². The van der Waals surface area contributed by atoms with Crippen molar-refractivity contribution in [3.05, 3.63) is 35.1 Å². The Bertz CT molecular complexity index is 661. The Balaban J connectivity index is 1.80. The van der Waals surface area contributed by atoms with Gasteiger partial charge in [-0.05, 0) is 49.8 Å². The second kappa shape index (κ2) is 7.29. The minimum Gasteiger partial charge on any atom is -0.325 e. The predicted octanol–water partition coefficient (Wildman–Crippen LogP) is 3.85. The van der Waals surface area contributed by atoms with E-state index in [-0.39, 0.29) is 23.7 Å². The quantitative estimate of drug-likeness (QED) is 0.834. The van der Waals surface area contributed by atoms with Crippen LogP contribution in [0.4, 0.5) is 0 Å². The summed E-state index contributed by atoms with van der Waals surface area (Å²) in [6, 6.07) is 0. The maximum Gasteiger partial charge on any atom is 0.251 e. The Labute approximate surface area is 143 Å². The lowest BCUT2D eigenvalue weighted by molar-refractivity contribution is -0.122. The van der Waals surface area contributed by atoms with Crippen molar-refractivity contribution >= 4 is 17.5 Å². The highest BCUT2D eigenvalue weighted by Crippen LogP contribution is 2.39. The molecule has 0 fully saturated rings. The first-order chi connectivity index (χ1) is 11.6. The molecule has 4 nitrogen and oxygen atoms in total. The molecule has 1 unspecified atom stereocenters. The maximum absolute atomic E-state index is 12.5. The summed E-state index contributed by atoms with van der Waals surface area (Å²) in [6.07, 6.45) is 12.6. The van der Waals surface area contributed by atoms with Crippen LogP contribution >= 0.6 is 0 Å². The van der Waals surface area contributed by atoms with E-state index in [9.17, 15) is 9.59 Å². The number of nitrogens with zero attached hydrogens (tertiary/aromatic N) is 1. The molecule has 0 aromatic rings. The van der Waals surface area contributed by atoms with E-state index in [1.165, 1.54) is 5.57 Å². The average Bonchev–Trinajstić information content (AvgIpc) is 3.05. The van der Waals surface area contributed by atoms with Gasteiger partial charge < -0.3 is 5.32 Å². The van der Waals surface area contributed by atoms with Gasteiger partial charge in [0, 0.05) is 23.1 Å². The molecule has 3 rings (SSSR count). The predicted molar refractivity (Wildman–Crippen MR) is 95.5 cm³/mol. The molecule has 2 aliphatic carbocycles. The smallest absolute Gasteiger partial charge is 0.251 e. The van der Waals surface area contributed by atoms with E-state index in [1.807, 2.05) is 12.2 Å². The van der Waals surface area contributed by atoms with E-state index < -0.39 is 0 Å². The first kappa shape index (κ1) is 16.9. The van der Waals surface area contributed by atoms with Gasteiger partial charge in [-0.3, -0.25) is 9.59 Å². The first-order valence-corrected chi connectivity index (χ1v) is 9.19. The number of carbonyl (C=O) groups is 2. The van der Waals surface area contributed by atoms with E-state index >= 15 is 0 Å². The van der Waals surface area contributed by atoms with Crippen molar-refractivity contribution in [3.8, 4) is 0 Å². The van der Waals surface area contributed by atoms with Crippen molar-refractivity contribution in [2.24, 2.45) is 16.8 Å². The van der Waals surface area contributed by atoms with Crippen molar-refractivity contribution in [1.82, 2.24) is 5.32 Å². The van der Waals surface area contributed by atoms with Crippen LogP contribution in [0.2, 0.25) is 0 Å². The molecular formula is C20H26N2O2. The standard InChI is InChI=1S/C20H26N2O2/c1-3-6-13(7-4-2)19(23)21-14-10-11-16-15-8-5-9-17(15)20(24)22-18(16)12-14/h10-13,16H,3-9H2,1-2H3,(H,22,24). The van der Waals surface area contributed by atoms with Gasteiger partial charge in [0.15, 0.2) is 0 Å². The lowest BCUT2D eigenvalue weighted by Gasteiger charge is -2.28. The minimum atomic E-state index is -0.0310. The lowest BCUT2D eigenvalue weighted by atomic mass is 9.85. The van der Waals surface area contributed by atoms with Crippen LogP contribution in [0.3, 0.4) is 0 Å². The van der Waals surface area contributed by atoms with Crippen molar-refractivity contribution in [1.29, 1.82) is 0 Å². The van der Waals surface area contributed by atoms with Crippen LogP contribution in [0.25, 0.3) is 0 Å². The van der Waals surface area contributed by atoms with E-state index in [0.29, 0.717) is 5.71 Å². The number of allylic oxidation sites excluding steroid dienone is 3. The fourth-order valence-electron chi connectivity index (χ4n) is 3.97. The summed E-state index contributed by atoms with van der Waals surface area (Å²) in [5, 5.41) is 2.99. The normalized spacial score (nSPS) is 24.1. The molecule has 0 aromatic carbocycles. The summed E-state index contributed by atoms with van der Waals surface area (Å²) < 4.78 is 0. The topological polar surface area (TPSA) is 58.5 Å². The van der Waals surface area contributed by atoms with Crippen LogP contribution in [0.5, 0.6) is 0 Å². The Morgan fingerprint density at radius 2 is 2.04 bits per heavy atom. The fourth-order valence-corrected chi connectivity index (χ4v) is 3.97. The second-order valence-corrected chi connectivity index (χ2v) is 6.90. The largest absolute Gasteiger partial charge is 0.325 e. The number of amides is 2. The zero-order valence-electron chi connectivity index (χ0n) is 14.6. The van der Waals surface area contributed by atoms with Crippen LogP contribution in [-0.2, 0) is 9.59 Å². The van der Waals surface area contributed by atoms with E-state index in [2.05, 4.69) is 30.2 Å². The third-order valence-corrected chi connectivity index (χ3v) is 5.13. The summed E-state index contributed by atoms with van der Waals surface area (Å²) in [6.45, 7) is 4.20. The Hall–Kier alpha value is -1.97. The van der Waals surface area contributed by atoms with E-state index in [1.54, 1.807) is 0 Å². The number of aliphatic imine (C=N–C) groups is 1. The first-order valence-electron chi connectivity index (χ1n) is 9.19. The number of hydrogen-bond donors (Lipinski definition) is 1. The van der Waals surface area contributed by atoms with Crippen molar-refractivity contribution in [2.45, 2.75) is 58.8 Å². The molecule has 0 bridgehead atoms. The van der Waals surface area contributed by atoms with Gasteiger partial charge >= 0.3 is 0 Å². The molecule has 128 valence electrons. The third kappa shape index (κ3) is 3.28. The van der Waals surface area contributed by atoms with Gasteiger partial charge in [-0.1, -0.05) is 32.8 Å².